The van der Waals surface area contributed by atoms with Crippen LogP contribution in [0.3, 0.4) is 0 Å². The highest BCUT2D eigenvalue weighted by molar-refractivity contribution is 9.10. The van der Waals surface area contributed by atoms with Gasteiger partial charge in [0.1, 0.15) is 11.5 Å². The average Bonchev–Trinajstić information content (AvgIpc) is 3.08. The van der Waals surface area contributed by atoms with Crippen molar-refractivity contribution in [2.75, 3.05) is 19.5 Å². The van der Waals surface area contributed by atoms with Gasteiger partial charge < -0.3 is 9.47 Å². The minimum atomic E-state index is 0.322. The van der Waals surface area contributed by atoms with Crippen LogP contribution in [0.1, 0.15) is 12.8 Å². The van der Waals surface area contributed by atoms with Gasteiger partial charge in [-0.1, -0.05) is 0 Å². The lowest BCUT2D eigenvalue weighted by molar-refractivity contribution is 0.249. The number of benzene rings is 1. The zero-order valence-corrected chi connectivity index (χ0v) is 11.7. The molecule has 0 amide bonds. The third kappa shape index (κ3) is 2.66. The van der Waals surface area contributed by atoms with Crippen LogP contribution in [0.2, 0.25) is 0 Å². The molecule has 1 aromatic rings. The first-order chi connectivity index (χ1) is 7.69. The zero-order valence-electron chi connectivity index (χ0n) is 9.20. The average molecular weight is 303 g/mol. The van der Waals surface area contributed by atoms with Gasteiger partial charge in [-0.2, -0.15) is 12.6 Å². The summed E-state index contributed by atoms with van der Waals surface area (Å²) in [5.74, 6) is 2.60. The van der Waals surface area contributed by atoms with E-state index < -0.39 is 0 Å². The maximum atomic E-state index is 5.80. The molecule has 2 nitrogen and oxygen atoms in total. The summed E-state index contributed by atoms with van der Waals surface area (Å²) in [6, 6.07) is 5.74. The number of halogens is 1. The molecule has 0 saturated heterocycles. The van der Waals surface area contributed by atoms with Gasteiger partial charge in [-0.3, -0.25) is 0 Å². The van der Waals surface area contributed by atoms with E-state index in [0.29, 0.717) is 5.41 Å². The number of rotatable bonds is 5. The Labute approximate surface area is 110 Å². The van der Waals surface area contributed by atoms with E-state index in [9.17, 15) is 0 Å². The maximum absolute atomic E-state index is 5.80. The number of hydrogen-bond donors (Lipinski definition) is 1. The fourth-order valence-corrected chi connectivity index (χ4v) is 2.36. The van der Waals surface area contributed by atoms with Crippen molar-refractivity contribution in [2.45, 2.75) is 12.8 Å². The molecule has 0 aromatic heterocycles. The summed E-state index contributed by atoms with van der Waals surface area (Å²) >= 11 is 7.83. The van der Waals surface area contributed by atoms with Crippen molar-refractivity contribution in [3.05, 3.63) is 22.7 Å². The summed E-state index contributed by atoms with van der Waals surface area (Å²) in [6.45, 7) is 0.751. The summed E-state index contributed by atoms with van der Waals surface area (Å²) in [5.41, 5.74) is 0.322. The third-order valence-corrected chi connectivity index (χ3v) is 4.26. The zero-order chi connectivity index (χ0) is 11.6. The van der Waals surface area contributed by atoms with E-state index in [1.165, 1.54) is 12.8 Å². The van der Waals surface area contributed by atoms with E-state index in [4.69, 9.17) is 9.47 Å². The third-order valence-electron chi connectivity index (χ3n) is 2.97. The minimum Gasteiger partial charge on any atom is -0.497 e. The number of methoxy groups -OCH3 is 1. The van der Waals surface area contributed by atoms with Gasteiger partial charge in [0.25, 0.3) is 0 Å². The molecule has 1 aromatic carbocycles. The van der Waals surface area contributed by atoms with Gasteiger partial charge in [0, 0.05) is 5.41 Å². The minimum absolute atomic E-state index is 0.322. The fraction of sp³-hybridized carbons (Fsp3) is 0.500. The largest absolute Gasteiger partial charge is 0.497 e. The molecule has 1 aliphatic rings. The highest BCUT2D eigenvalue weighted by atomic mass is 79.9. The van der Waals surface area contributed by atoms with Crippen LogP contribution in [0.5, 0.6) is 11.5 Å². The molecule has 1 fully saturated rings. The molecule has 0 radical (unpaired) electrons. The molecule has 0 aliphatic heterocycles. The maximum Gasteiger partial charge on any atom is 0.133 e. The first kappa shape index (κ1) is 12.1. The molecule has 0 unspecified atom stereocenters. The summed E-state index contributed by atoms with van der Waals surface area (Å²) < 4.78 is 11.9. The van der Waals surface area contributed by atoms with E-state index in [-0.39, 0.29) is 0 Å². The van der Waals surface area contributed by atoms with Crippen LogP contribution in [0, 0.1) is 5.41 Å². The Kier molecular flexibility index (Phi) is 3.70. The van der Waals surface area contributed by atoms with Crippen molar-refractivity contribution in [3.8, 4) is 11.5 Å². The summed E-state index contributed by atoms with van der Waals surface area (Å²) in [5, 5.41) is 0. The second-order valence-corrected chi connectivity index (χ2v) is 5.41. The van der Waals surface area contributed by atoms with Crippen molar-refractivity contribution in [1.82, 2.24) is 0 Å². The van der Waals surface area contributed by atoms with E-state index in [1.54, 1.807) is 7.11 Å². The molecule has 0 spiro atoms. The first-order valence-corrected chi connectivity index (χ1v) is 6.69. The molecule has 88 valence electrons. The van der Waals surface area contributed by atoms with Crippen LogP contribution in [-0.2, 0) is 0 Å². The molecular formula is C12H15BrO2S. The summed E-state index contributed by atoms with van der Waals surface area (Å²) in [7, 11) is 1.66. The topological polar surface area (TPSA) is 18.5 Å². The predicted molar refractivity (Wildman–Crippen MR) is 71.7 cm³/mol. The van der Waals surface area contributed by atoms with Crippen molar-refractivity contribution in [2.24, 2.45) is 5.41 Å². The van der Waals surface area contributed by atoms with Gasteiger partial charge >= 0.3 is 0 Å². The molecule has 0 bridgehead atoms. The molecule has 2 rings (SSSR count). The molecule has 4 heteroatoms. The fourth-order valence-electron chi connectivity index (χ4n) is 1.48. The van der Waals surface area contributed by atoms with Crippen molar-refractivity contribution in [1.29, 1.82) is 0 Å². The highest BCUT2D eigenvalue weighted by Crippen LogP contribution is 2.47. The van der Waals surface area contributed by atoms with E-state index in [0.717, 1.165) is 28.3 Å². The quantitative estimate of drug-likeness (QED) is 0.839. The molecule has 0 heterocycles. The van der Waals surface area contributed by atoms with Crippen molar-refractivity contribution >= 4 is 28.6 Å². The Morgan fingerprint density at radius 1 is 1.44 bits per heavy atom. The summed E-state index contributed by atoms with van der Waals surface area (Å²) in [6.07, 6.45) is 2.45. The first-order valence-electron chi connectivity index (χ1n) is 5.26. The van der Waals surface area contributed by atoms with Gasteiger partial charge in [-0.25, -0.2) is 0 Å². The van der Waals surface area contributed by atoms with E-state index >= 15 is 0 Å². The van der Waals surface area contributed by atoms with Crippen LogP contribution >= 0.6 is 28.6 Å². The van der Waals surface area contributed by atoms with Gasteiger partial charge in [0.2, 0.25) is 0 Å². The Morgan fingerprint density at radius 2 is 2.19 bits per heavy atom. The Morgan fingerprint density at radius 3 is 2.69 bits per heavy atom. The van der Waals surface area contributed by atoms with Crippen LogP contribution in [0.4, 0.5) is 0 Å². The molecule has 1 saturated carbocycles. The van der Waals surface area contributed by atoms with Crippen LogP contribution in [-0.4, -0.2) is 19.5 Å². The molecular weight excluding hydrogens is 288 g/mol. The van der Waals surface area contributed by atoms with Crippen LogP contribution in [0.25, 0.3) is 0 Å². The second kappa shape index (κ2) is 4.88. The molecule has 0 N–H and O–H groups in total. The normalized spacial score (nSPS) is 16.9. The lowest BCUT2D eigenvalue weighted by Crippen LogP contribution is -2.14. The van der Waals surface area contributed by atoms with Gasteiger partial charge in [-0.05, 0) is 52.7 Å². The van der Waals surface area contributed by atoms with Gasteiger partial charge in [0.05, 0.1) is 18.2 Å². The van der Waals surface area contributed by atoms with E-state index in [1.807, 2.05) is 18.2 Å². The predicted octanol–water partition coefficient (Wildman–Crippen LogP) is 3.55. The Hall–Kier alpha value is -0.350. The Balaban J connectivity index is 1.99. The van der Waals surface area contributed by atoms with Crippen molar-refractivity contribution in [3.63, 3.8) is 0 Å². The number of ether oxygens (including phenoxy) is 2. The van der Waals surface area contributed by atoms with Crippen molar-refractivity contribution < 1.29 is 9.47 Å². The Bertz CT molecular complexity index is 377. The number of hydrogen-bond acceptors (Lipinski definition) is 3. The lowest BCUT2D eigenvalue weighted by atomic mass is 10.2. The molecule has 16 heavy (non-hydrogen) atoms. The number of thiol groups is 1. The monoisotopic (exact) mass is 302 g/mol. The lowest BCUT2D eigenvalue weighted by Gasteiger charge is -2.14. The molecule has 0 atom stereocenters. The highest BCUT2D eigenvalue weighted by Gasteiger charge is 2.42. The smallest absolute Gasteiger partial charge is 0.133 e. The van der Waals surface area contributed by atoms with Gasteiger partial charge in [-0.15, -0.1) is 0 Å². The van der Waals surface area contributed by atoms with Crippen LogP contribution in [0.15, 0.2) is 22.7 Å². The van der Waals surface area contributed by atoms with Crippen LogP contribution < -0.4 is 9.47 Å². The molecule has 1 aliphatic carbocycles. The van der Waals surface area contributed by atoms with Gasteiger partial charge in [0.15, 0.2) is 0 Å². The second-order valence-electron chi connectivity index (χ2n) is 4.24. The SMILES string of the molecule is COc1ccc(OCC2(CS)CC2)c(Br)c1. The van der Waals surface area contributed by atoms with E-state index in [2.05, 4.69) is 28.6 Å². The summed E-state index contributed by atoms with van der Waals surface area (Å²) in [4.78, 5) is 0. The standard InChI is InChI=1S/C12H15BrO2S/c1-14-9-2-3-11(10(13)6-9)15-7-12(8-16)4-5-12/h2-3,6,16H,4-5,7-8H2,1H3.